The molecule has 0 aromatic heterocycles. The molecule has 2 N–H and O–H groups in total. The number of aliphatic hydroxyl groups excluding tert-OH is 1. The van der Waals surface area contributed by atoms with Gasteiger partial charge in [0.15, 0.2) is 11.6 Å². The third-order valence-corrected chi connectivity index (χ3v) is 3.25. The number of benzene rings is 2. The molecule has 0 aliphatic rings. The lowest BCUT2D eigenvalue weighted by molar-refractivity contribution is 0.275. The maximum atomic E-state index is 14.1. The van der Waals surface area contributed by atoms with Crippen LogP contribution in [0.2, 0.25) is 0 Å². The number of hydrogen-bond donors (Lipinski definition) is 2. The summed E-state index contributed by atoms with van der Waals surface area (Å²) >= 11 is 0. The Morgan fingerprint density at radius 3 is 2.65 bits per heavy atom. The van der Waals surface area contributed by atoms with Gasteiger partial charge in [-0.2, -0.15) is 0 Å². The van der Waals surface area contributed by atoms with Crippen molar-refractivity contribution in [3.8, 4) is 11.5 Å². The van der Waals surface area contributed by atoms with Gasteiger partial charge in [0.25, 0.3) is 0 Å². The second-order valence-corrected chi connectivity index (χ2v) is 4.54. The third kappa shape index (κ3) is 2.98. The molecule has 0 radical (unpaired) electrons. The lowest BCUT2D eigenvalue weighted by Crippen LogP contribution is -2.13. The zero-order chi connectivity index (χ0) is 14.5. The van der Waals surface area contributed by atoms with E-state index in [1.54, 1.807) is 37.4 Å². The van der Waals surface area contributed by atoms with Crippen molar-refractivity contribution in [2.24, 2.45) is 0 Å². The van der Waals surface area contributed by atoms with Crippen molar-refractivity contribution in [3.63, 3.8) is 0 Å². The molecule has 0 amide bonds. The first kappa shape index (κ1) is 14.5. The highest BCUT2D eigenvalue weighted by Crippen LogP contribution is 2.33. The first-order valence-electron chi connectivity index (χ1n) is 6.49. The van der Waals surface area contributed by atoms with Gasteiger partial charge in [-0.25, -0.2) is 4.39 Å². The minimum atomic E-state index is -0.419. The van der Waals surface area contributed by atoms with E-state index < -0.39 is 5.82 Å². The van der Waals surface area contributed by atoms with E-state index in [2.05, 4.69) is 5.32 Å². The van der Waals surface area contributed by atoms with Crippen LogP contribution in [0, 0.1) is 5.82 Å². The predicted octanol–water partition coefficient (Wildman–Crippen LogP) is 3.39. The summed E-state index contributed by atoms with van der Waals surface area (Å²) in [5, 5.41) is 12.4. The number of rotatable bonds is 5. The summed E-state index contributed by atoms with van der Waals surface area (Å²) in [4.78, 5) is 0. The Labute approximate surface area is 118 Å². The summed E-state index contributed by atoms with van der Waals surface area (Å²) < 4.78 is 19.8. The highest BCUT2D eigenvalue weighted by molar-refractivity contribution is 5.43. The average molecular weight is 275 g/mol. The number of aliphatic hydroxyl groups is 1. The van der Waals surface area contributed by atoms with E-state index in [0.717, 1.165) is 5.56 Å². The summed E-state index contributed by atoms with van der Waals surface area (Å²) in [6.45, 7) is 1.78. The molecule has 0 fully saturated rings. The van der Waals surface area contributed by atoms with Crippen molar-refractivity contribution < 1.29 is 14.2 Å². The molecule has 0 saturated carbocycles. The molecule has 2 aromatic rings. The van der Waals surface area contributed by atoms with Crippen LogP contribution in [0.3, 0.4) is 0 Å². The van der Waals surface area contributed by atoms with E-state index >= 15 is 0 Å². The molecule has 0 spiro atoms. The summed E-state index contributed by atoms with van der Waals surface area (Å²) in [7, 11) is 1.81. The quantitative estimate of drug-likeness (QED) is 0.879. The van der Waals surface area contributed by atoms with E-state index in [1.165, 1.54) is 6.07 Å². The minimum absolute atomic E-state index is 0.0398. The molecule has 0 saturated heterocycles. The Kier molecular flexibility index (Phi) is 4.71. The number of para-hydroxylation sites is 2. The van der Waals surface area contributed by atoms with Crippen LogP contribution in [0.15, 0.2) is 42.5 Å². The predicted molar refractivity (Wildman–Crippen MR) is 76.3 cm³/mol. The second-order valence-electron chi connectivity index (χ2n) is 4.54. The lowest BCUT2D eigenvalue weighted by Gasteiger charge is -2.18. The van der Waals surface area contributed by atoms with Crippen LogP contribution in [0.25, 0.3) is 0 Å². The molecule has 2 rings (SSSR count). The monoisotopic (exact) mass is 275 g/mol. The van der Waals surface area contributed by atoms with Crippen LogP contribution in [0.4, 0.5) is 4.39 Å². The van der Waals surface area contributed by atoms with Gasteiger partial charge in [0.2, 0.25) is 0 Å². The highest BCUT2D eigenvalue weighted by atomic mass is 19.1. The molecule has 0 heterocycles. The highest BCUT2D eigenvalue weighted by Gasteiger charge is 2.16. The van der Waals surface area contributed by atoms with E-state index in [4.69, 9.17) is 4.74 Å². The Balaban J connectivity index is 2.42. The maximum absolute atomic E-state index is 14.1. The van der Waals surface area contributed by atoms with Crippen molar-refractivity contribution in [2.45, 2.75) is 19.6 Å². The Morgan fingerprint density at radius 1 is 1.20 bits per heavy atom. The van der Waals surface area contributed by atoms with E-state index in [0.29, 0.717) is 11.3 Å². The molecule has 1 unspecified atom stereocenters. The Bertz CT molecular complexity index is 586. The van der Waals surface area contributed by atoms with Crippen LogP contribution >= 0.6 is 0 Å². The molecule has 3 nitrogen and oxygen atoms in total. The van der Waals surface area contributed by atoms with E-state index in [-0.39, 0.29) is 18.4 Å². The van der Waals surface area contributed by atoms with Gasteiger partial charge in [0.1, 0.15) is 5.75 Å². The fraction of sp³-hybridized carbons (Fsp3) is 0.250. The largest absolute Gasteiger partial charge is 0.454 e. The van der Waals surface area contributed by atoms with Crippen LogP contribution in [-0.2, 0) is 6.61 Å². The standard InChI is InChI=1S/C16H18FNO2/c1-11(18-2)13-7-5-8-14(17)16(13)20-15-9-4-3-6-12(15)10-19/h3-9,11,18-19H,10H2,1-2H3. The SMILES string of the molecule is CNC(C)c1cccc(F)c1Oc1ccccc1CO. The van der Waals surface area contributed by atoms with Crippen LogP contribution < -0.4 is 10.1 Å². The van der Waals surface area contributed by atoms with Crippen molar-refractivity contribution in [2.75, 3.05) is 7.05 Å². The van der Waals surface area contributed by atoms with E-state index in [1.807, 2.05) is 13.0 Å². The van der Waals surface area contributed by atoms with Gasteiger partial charge >= 0.3 is 0 Å². The van der Waals surface area contributed by atoms with Gasteiger partial charge < -0.3 is 15.2 Å². The lowest BCUT2D eigenvalue weighted by atomic mass is 10.1. The maximum Gasteiger partial charge on any atom is 0.167 e. The van der Waals surface area contributed by atoms with Gasteiger partial charge in [-0.3, -0.25) is 0 Å². The molecule has 2 aromatic carbocycles. The normalized spacial score (nSPS) is 12.2. The van der Waals surface area contributed by atoms with Crippen LogP contribution in [-0.4, -0.2) is 12.2 Å². The topological polar surface area (TPSA) is 41.5 Å². The van der Waals surface area contributed by atoms with Gasteiger partial charge in [-0.15, -0.1) is 0 Å². The molecule has 106 valence electrons. The first-order valence-corrected chi connectivity index (χ1v) is 6.49. The molecule has 0 bridgehead atoms. The molecular weight excluding hydrogens is 257 g/mol. The second kappa shape index (κ2) is 6.50. The molecule has 4 heteroatoms. The molecule has 1 atom stereocenters. The number of hydrogen-bond acceptors (Lipinski definition) is 3. The van der Waals surface area contributed by atoms with Gasteiger partial charge in [-0.1, -0.05) is 30.3 Å². The zero-order valence-electron chi connectivity index (χ0n) is 11.6. The van der Waals surface area contributed by atoms with Crippen molar-refractivity contribution in [1.82, 2.24) is 5.32 Å². The smallest absolute Gasteiger partial charge is 0.167 e. The minimum Gasteiger partial charge on any atom is -0.454 e. The number of ether oxygens (including phenoxy) is 1. The molecular formula is C16H18FNO2. The van der Waals surface area contributed by atoms with Gasteiger partial charge in [0.05, 0.1) is 6.61 Å². The first-order chi connectivity index (χ1) is 9.67. The summed E-state index contributed by atoms with van der Waals surface area (Å²) in [5.74, 6) is 0.234. The zero-order valence-corrected chi connectivity index (χ0v) is 11.6. The van der Waals surface area contributed by atoms with Gasteiger partial charge in [-0.05, 0) is 26.1 Å². The fourth-order valence-corrected chi connectivity index (χ4v) is 1.97. The Morgan fingerprint density at radius 2 is 1.95 bits per heavy atom. The number of halogens is 1. The average Bonchev–Trinajstić information content (AvgIpc) is 2.49. The fourth-order valence-electron chi connectivity index (χ4n) is 1.97. The van der Waals surface area contributed by atoms with E-state index in [9.17, 15) is 9.50 Å². The summed E-state index contributed by atoms with van der Waals surface area (Å²) in [6, 6.07) is 11.9. The molecule has 20 heavy (non-hydrogen) atoms. The molecule has 0 aliphatic carbocycles. The van der Waals surface area contributed by atoms with Crippen LogP contribution in [0.1, 0.15) is 24.1 Å². The van der Waals surface area contributed by atoms with Crippen molar-refractivity contribution in [3.05, 3.63) is 59.4 Å². The Hall–Kier alpha value is -1.91. The number of nitrogens with one attached hydrogen (secondary N) is 1. The van der Waals surface area contributed by atoms with Gasteiger partial charge in [0, 0.05) is 17.2 Å². The summed E-state index contributed by atoms with van der Waals surface area (Å²) in [5.41, 5.74) is 1.36. The van der Waals surface area contributed by atoms with Crippen molar-refractivity contribution in [1.29, 1.82) is 0 Å². The van der Waals surface area contributed by atoms with Crippen molar-refractivity contribution >= 4 is 0 Å². The molecule has 0 aliphatic heterocycles. The summed E-state index contributed by atoms with van der Waals surface area (Å²) in [6.07, 6.45) is 0. The third-order valence-electron chi connectivity index (χ3n) is 3.25. The van der Waals surface area contributed by atoms with Crippen LogP contribution in [0.5, 0.6) is 11.5 Å².